The van der Waals surface area contributed by atoms with Gasteiger partial charge in [0.2, 0.25) is 5.91 Å². The van der Waals surface area contributed by atoms with Gasteiger partial charge in [0.05, 0.1) is 5.69 Å². The van der Waals surface area contributed by atoms with Crippen LogP contribution in [0.25, 0.3) is 0 Å². The third kappa shape index (κ3) is 4.31. The molecule has 1 rings (SSSR count). The first-order valence-electron chi connectivity index (χ1n) is 7.22. The lowest BCUT2D eigenvalue weighted by Gasteiger charge is -2.21. The summed E-state index contributed by atoms with van der Waals surface area (Å²) in [4.78, 5) is 23.3. The van der Waals surface area contributed by atoms with Gasteiger partial charge in [0.25, 0.3) is 0 Å². The minimum Gasteiger partial charge on any atom is -0.480 e. The monoisotopic (exact) mass is 296 g/mol. The van der Waals surface area contributed by atoms with Gasteiger partial charge in [0, 0.05) is 12.0 Å². The van der Waals surface area contributed by atoms with Crippen molar-refractivity contribution in [2.45, 2.75) is 59.4 Å². The van der Waals surface area contributed by atoms with Gasteiger partial charge < -0.3 is 14.9 Å². The predicted octanol–water partition coefficient (Wildman–Crippen LogP) is 2.40. The lowest BCUT2D eigenvalue weighted by atomic mass is 9.94. The lowest BCUT2D eigenvalue weighted by molar-refractivity contribution is -0.143. The Labute approximate surface area is 124 Å². The number of hydrogen-bond acceptors (Lipinski definition) is 4. The van der Waals surface area contributed by atoms with Crippen molar-refractivity contribution in [2.24, 2.45) is 5.92 Å². The van der Waals surface area contributed by atoms with Gasteiger partial charge in [-0.15, -0.1) is 0 Å². The van der Waals surface area contributed by atoms with Crippen LogP contribution in [0, 0.1) is 19.8 Å². The maximum absolute atomic E-state index is 12.1. The van der Waals surface area contributed by atoms with Crippen molar-refractivity contribution in [3.8, 4) is 0 Å². The van der Waals surface area contributed by atoms with E-state index >= 15 is 0 Å². The lowest BCUT2D eigenvalue weighted by Crippen LogP contribution is -2.45. The minimum absolute atomic E-state index is 0.0670. The molecule has 0 saturated heterocycles. The van der Waals surface area contributed by atoms with Crippen molar-refractivity contribution in [1.82, 2.24) is 10.5 Å². The van der Waals surface area contributed by atoms with E-state index in [9.17, 15) is 14.7 Å². The van der Waals surface area contributed by atoms with Crippen molar-refractivity contribution in [2.75, 3.05) is 0 Å². The fourth-order valence-corrected chi connectivity index (χ4v) is 2.49. The van der Waals surface area contributed by atoms with Crippen LogP contribution in [0.15, 0.2) is 4.52 Å². The summed E-state index contributed by atoms with van der Waals surface area (Å²) in [6, 6.07) is -0.848. The van der Waals surface area contributed by atoms with Gasteiger partial charge >= 0.3 is 5.97 Å². The van der Waals surface area contributed by atoms with Crippen LogP contribution in [0.5, 0.6) is 0 Å². The fourth-order valence-electron chi connectivity index (χ4n) is 2.49. The molecule has 2 N–H and O–H groups in total. The number of rotatable bonds is 7. The average Bonchev–Trinajstić information content (AvgIpc) is 2.74. The van der Waals surface area contributed by atoms with Gasteiger partial charge in [-0.05, 0) is 25.7 Å². The minimum atomic E-state index is -0.998. The van der Waals surface area contributed by atoms with E-state index in [4.69, 9.17) is 4.52 Å². The zero-order valence-corrected chi connectivity index (χ0v) is 13.3. The van der Waals surface area contributed by atoms with Crippen LogP contribution in [0.4, 0.5) is 0 Å². The number of carboxylic acid groups (broad SMARTS) is 1. The molecule has 3 unspecified atom stereocenters. The molecule has 0 radical (unpaired) electrons. The summed E-state index contributed by atoms with van der Waals surface area (Å²) in [5.74, 6) is -0.745. The van der Waals surface area contributed by atoms with Crippen LogP contribution in [0.1, 0.15) is 56.5 Å². The zero-order chi connectivity index (χ0) is 16.2. The highest BCUT2D eigenvalue weighted by molar-refractivity contribution is 5.84. The Morgan fingerprint density at radius 1 is 1.33 bits per heavy atom. The number of nitrogens with zero attached hydrogens (tertiary/aromatic N) is 1. The normalized spacial score (nSPS) is 15.3. The molecule has 0 aromatic carbocycles. The molecule has 6 heteroatoms. The molecule has 21 heavy (non-hydrogen) atoms. The average molecular weight is 296 g/mol. The Bertz CT molecular complexity index is 490. The molecule has 118 valence electrons. The predicted molar refractivity (Wildman–Crippen MR) is 78.0 cm³/mol. The summed E-state index contributed by atoms with van der Waals surface area (Å²) < 4.78 is 5.10. The number of carbonyl (C=O) groups excluding carboxylic acids is 1. The zero-order valence-electron chi connectivity index (χ0n) is 13.3. The Balaban J connectivity index is 2.70. The first kappa shape index (κ1) is 17.2. The Kier molecular flexibility index (Phi) is 5.93. The Hall–Kier alpha value is -1.85. The van der Waals surface area contributed by atoms with E-state index in [1.54, 1.807) is 0 Å². The summed E-state index contributed by atoms with van der Waals surface area (Å²) in [6.45, 7) is 9.27. The molecule has 3 atom stereocenters. The van der Waals surface area contributed by atoms with Gasteiger partial charge in [-0.3, -0.25) is 4.79 Å². The Morgan fingerprint density at radius 3 is 2.38 bits per heavy atom. The van der Waals surface area contributed by atoms with Crippen LogP contribution < -0.4 is 5.32 Å². The topological polar surface area (TPSA) is 92.4 Å². The van der Waals surface area contributed by atoms with E-state index < -0.39 is 12.0 Å². The van der Waals surface area contributed by atoms with Crippen LogP contribution in [0.3, 0.4) is 0 Å². The first-order chi connectivity index (χ1) is 9.77. The van der Waals surface area contributed by atoms with E-state index in [-0.39, 0.29) is 24.2 Å². The highest BCUT2D eigenvalue weighted by Crippen LogP contribution is 2.25. The van der Waals surface area contributed by atoms with Crippen LogP contribution in [-0.4, -0.2) is 28.2 Å². The van der Waals surface area contributed by atoms with Crippen molar-refractivity contribution in [1.29, 1.82) is 0 Å². The highest BCUT2D eigenvalue weighted by Gasteiger charge is 2.27. The van der Waals surface area contributed by atoms with Crippen molar-refractivity contribution >= 4 is 11.9 Å². The quantitative estimate of drug-likeness (QED) is 0.806. The summed E-state index contributed by atoms with van der Waals surface area (Å²) in [5.41, 5.74) is 1.69. The number of nitrogens with one attached hydrogen (secondary N) is 1. The van der Waals surface area contributed by atoms with E-state index in [1.807, 2.05) is 34.6 Å². The first-order valence-corrected chi connectivity index (χ1v) is 7.22. The van der Waals surface area contributed by atoms with Crippen LogP contribution in [0.2, 0.25) is 0 Å². The number of carbonyl (C=O) groups is 2. The summed E-state index contributed by atoms with van der Waals surface area (Å²) in [6.07, 6.45) is 0.903. The molecule has 0 aliphatic carbocycles. The van der Waals surface area contributed by atoms with E-state index in [0.717, 1.165) is 11.3 Å². The number of aromatic nitrogens is 1. The number of amides is 1. The molecule has 1 amide bonds. The van der Waals surface area contributed by atoms with Gasteiger partial charge in [0.15, 0.2) is 0 Å². The smallest absolute Gasteiger partial charge is 0.326 e. The van der Waals surface area contributed by atoms with E-state index in [1.165, 1.54) is 0 Å². The van der Waals surface area contributed by atoms with Crippen molar-refractivity contribution < 1.29 is 19.2 Å². The van der Waals surface area contributed by atoms with Crippen molar-refractivity contribution in [3.05, 3.63) is 17.0 Å². The second kappa shape index (κ2) is 7.24. The standard InChI is InChI=1S/C15H24N2O4/c1-6-8(2)14(15(19)20)16-12(18)7-9(3)13-10(4)17-21-11(13)5/h8-9,14H,6-7H2,1-5H3,(H,16,18)(H,19,20). The van der Waals surface area contributed by atoms with Gasteiger partial charge in [0.1, 0.15) is 11.8 Å². The molecule has 0 aliphatic rings. The number of aryl methyl sites for hydroxylation is 2. The maximum Gasteiger partial charge on any atom is 0.326 e. The molecular weight excluding hydrogens is 272 g/mol. The van der Waals surface area contributed by atoms with Gasteiger partial charge in [-0.25, -0.2) is 4.79 Å². The summed E-state index contributed by atoms with van der Waals surface area (Å²) in [7, 11) is 0. The molecule has 1 heterocycles. The maximum atomic E-state index is 12.1. The number of hydrogen-bond donors (Lipinski definition) is 2. The van der Waals surface area contributed by atoms with Crippen molar-refractivity contribution in [3.63, 3.8) is 0 Å². The molecule has 0 spiro atoms. The SMILES string of the molecule is CCC(C)C(NC(=O)CC(C)c1c(C)noc1C)C(=O)O. The molecule has 0 bridgehead atoms. The highest BCUT2D eigenvalue weighted by atomic mass is 16.5. The molecule has 0 aliphatic heterocycles. The van der Waals surface area contributed by atoms with Crippen LogP contribution in [-0.2, 0) is 9.59 Å². The third-order valence-electron chi connectivity index (χ3n) is 3.87. The van der Waals surface area contributed by atoms with Gasteiger partial charge in [-0.1, -0.05) is 32.3 Å². The van der Waals surface area contributed by atoms with Gasteiger partial charge in [-0.2, -0.15) is 0 Å². The molecule has 1 aromatic heterocycles. The van der Waals surface area contributed by atoms with E-state index in [0.29, 0.717) is 12.2 Å². The third-order valence-corrected chi connectivity index (χ3v) is 3.87. The Morgan fingerprint density at radius 2 is 1.95 bits per heavy atom. The molecule has 0 saturated carbocycles. The van der Waals surface area contributed by atoms with E-state index in [2.05, 4.69) is 10.5 Å². The number of aliphatic carboxylic acids is 1. The fraction of sp³-hybridized carbons (Fsp3) is 0.667. The summed E-state index contributed by atoms with van der Waals surface area (Å²) in [5, 5.41) is 15.7. The molecule has 1 aromatic rings. The molecule has 0 fully saturated rings. The second-order valence-corrected chi connectivity index (χ2v) is 5.61. The summed E-state index contributed by atoms with van der Waals surface area (Å²) >= 11 is 0. The second-order valence-electron chi connectivity index (χ2n) is 5.61. The number of carboxylic acids is 1. The van der Waals surface area contributed by atoms with Crippen LogP contribution >= 0.6 is 0 Å². The molecular formula is C15H24N2O4. The molecule has 6 nitrogen and oxygen atoms in total. The largest absolute Gasteiger partial charge is 0.480 e.